The van der Waals surface area contributed by atoms with Crippen LogP contribution in [0.15, 0.2) is 77.7 Å². The molecule has 0 bridgehead atoms. The van der Waals surface area contributed by atoms with Gasteiger partial charge in [-0.25, -0.2) is 0 Å². The van der Waals surface area contributed by atoms with E-state index in [1.165, 1.54) is 11.8 Å². The lowest BCUT2D eigenvalue weighted by Crippen LogP contribution is -2.24. The first-order chi connectivity index (χ1) is 15.0. The zero-order valence-corrected chi connectivity index (χ0v) is 18.8. The SMILES string of the molecule is CCC(Sc1cccc(NC(=O)c2cccc(OC)c2)c1)C(=O)Nc1ccccc1Cl. The minimum absolute atomic E-state index is 0.119. The van der Waals surface area contributed by atoms with Crippen molar-refractivity contribution >= 4 is 46.6 Å². The molecule has 160 valence electrons. The summed E-state index contributed by atoms with van der Waals surface area (Å²) in [4.78, 5) is 26.2. The normalized spacial score (nSPS) is 11.5. The number of hydrogen-bond acceptors (Lipinski definition) is 4. The molecule has 0 aliphatic rings. The summed E-state index contributed by atoms with van der Waals surface area (Å²) in [5.74, 6) is 0.267. The Labute approximate surface area is 191 Å². The molecule has 0 saturated heterocycles. The van der Waals surface area contributed by atoms with E-state index in [0.717, 1.165) is 4.90 Å². The van der Waals surface area contributed by atoms with Crippen molar-refractivity contribution in [2.75, 3.05) is 17.7 Å². The first-order valence-electron chi connectivity index (χ1n) is 9.77. The molecule has 0 spiro atoms. The van der Waals surface area contributed by atoms with Gasteiger partial charge in [-0.3, -0.25) is 9.59 Å². The van der Waals surface area contributed by atoms with Gasteiger partial charge in [-0.05, 0) is 55.0 Å². The van der Waals surface area contributed by atoms with Crippen molar-refractivity contribution in [2.24, 2.45) is 0 Å². The zero-order valence-electron chi connectivity index (χ0n) is 17.2. The maximum absolute atomic E-state index is 12.7. The van der Waals surface area contributed by atoms with Gasteiger partial charge in [0, 0.05) is 16.1 Å². The second-order valence-corrected chi connectivity index (χ2v) is 8.38. The summed E-state index contributed by atoms with van der Waals surface area (Å²) in [6.45, 7) is 1.96. The summed E-state index contributed by atoms with van der Waals surface area (Å²) in [5, 5.41) is 5.97. The Kier molecular flexibility index (Phi) is 7.98. The summed E-state index contributed by atoms with van der Waals surface area (Å²) >= 11 is 7.58. The van der Waals surface area contributed by atoms with E-state index in [0.29, 0.717) is 34.1 Å². The van der Waals surface area contributed by atoms with E-state index in [1.54, 1.807) is 43.5 Å². The summed E-state index contributed by atoms with van der Waals surface area (Å²) in [5.41, 5.74) is 1.75. The number of anilines is 2. The van der Waals surface area contributed by atoms with Crippen LogP contribution in [0.4, 0.5) is 11.4 Å². The molecule has 1 atom stereocenters. The van der Waals surface area contributed by atoms with Gasteiger partial charge in [0.05, 0.1) is 23.1 Å². The summed E-state index contributed by atoms with van der Waals surface area (Å²) < 4.78 is 5.17. The van der Waals surface area contributed by atoms with Crippen LogP contribution in [0.1, 0.15) is 23.7 Å². The van der Waals surface area contributed by atoms with Gasteiger partial charge in [-0.1, -0.05) is 42.8 Å². The van der Waals surface area contributed by atoms with E-state index in [9.17, 15) is 9.59 Å². The lowest BCUT2D eigenvalue weighted by atomic mass is 10.2. The fraction of sp³-hybridized carbons (Fsp3) is 0.167. The van der Waals surface area contributed by atoms with Crippen molar-refractivity contribution in [3.05, 3.63) is 83.4 Å². The van der Waals surface area contributed by atoms with E-state index >= 15 is 0 Å². The highest BCUT2D eigenvalue weighted by atomic mass is 35.5. The number of thioether (sulfide) groups is 1. The van der Waals surface area contributed by atoms with E-state index < -0.39 is 0 Å². The maximum Gasteiger partial charge on any atom is 0.255 e. The second-order valence-electron chi connectivity index (χ2n) is 6.70. The maximum atomic E-state index is 12.7. The van der Waals surface area contributed by atoms with Crippen LogP contribution in [-0.2, 0) is 4.79 Å². The number of benzene rings is 3. The Hall–Kier alpha value is -2.96. The number of ether oxygens (including phenoxy) is 1. The van der Waals surface area contributed by atoms with Crippen LogP contribution in [-0.4, -0.2) is 24.2 Å². The molecule has 5 nitrogen and oxygen atoms in total. The molecule has 7 heteroatoms. The van der Waals surface area contributed by atoms with Crippen LogP contribution < -0.4 is 15.4 Å². The smallest absolute Gasteiger partial charge is 0.255 e. The molecule has 0 aliphatic carbocycles. The van der Waals surface area contributed by atoms with E-state index in [2.05, 4.69) is 10.6 Å². The van der Waals surface area contributed by atoms with Crippen LogP contribution in [0, 0.1) is 0 Å². The summed E-state index contributed by atoms with van der Waals surface area (Å²) in [6.07, 6.45) is 0.640. The molecule has 2 amide bonds. The van der Waals surface area contributed by atoms with E-state index in [4.69, 9.17) is 16.3 Å². The first-order valence-corrected chi connectivity index (χ1v) is 11.0. The molecule has 0 aliphatic heterocycles. The van der Waals surface area contributed by atoms with Gasteiger partial charge in [-0.15, -0.1) is 11.8 Å². The Morgan fingerprint density at radius 2 is 1.77 bits per heavy atom. The van der Waals surface area contributed by atoms with Crippen molar-refractivity contribution < 1.29 is 14.3 Å². The molecule has 3 aromatic rings. The standard InChI is InChI=1S/C24H23ClN2O3S/c1-3-22(24(29)27-21-13-5-4-12-20(21)25)31-19-11-7-9-17(15-19)26-23(28)16-8-6-10-18(14-16)30-2/h4-15,22H,3H2,1-2H3,(H,26,28)(H,27,29). The van der Waals surface area contributed by atoms with Crippen molar-refractivity contribution in [3.8, 4) is 5.75 Å². The fourth-order valence-electron chi connectivity index (χ4n) is 2.88. The largest absolute Gasteiger partial charge is 0.497 e. The summed E-state index contributed by atoms with van der Waals surface area (Å²) in [7, 11) is 1.56. The molecule has 0 heterocycles. The number of carbonyl (C=O) groups excluding carboxylic acids is 2. The molecule has 3 rings (SSSR count). The molecular formula is C24H23ClN2O3S. The lowest BCUT2D eigenvalue weighted by Gasteiger charge is -2.16. The number of amides is 2. The van der Waals surface area contributed by atoms with Crippen LogP contribution >= 0.6 is 23.4 Å². The molecular weight excluding hydrogens is 432 g/mol. The molecule has 2 N–H and O–H groups in total. The predicted octanol–water partition coefficient (Wildman–Crippen LogP) is 6.11. The van der Waals surface area contributed by atoms with Gasteiger partial charge in [0.1, 0.15) is 5.75 Å². The molecule has 1 unspecified atom stereocenters. The predicted molar refractivity (Wildman–Crippen MR) is 127 cm³/mol. The lowest BCUT2D eigenvalue weighted by molar-refractivity contribution is -0.115. The summed E-state index contributed by atoms with van der Waals surface area (Å²) in [6, 6.07) is 21.5. The van der Waals surface area contributed by atoms with Gasteiger partial charge in [-0.2, -0.15) is 0 Å². The van der Waals surface area contributed by atoms with Gasteiger partial charge in [0.2, 0.25) is 5.91 Å². The van der Waals surface area contributed by atoms with Crippen LogP contribution in [0.25, 0.3) is 0 Å². The minimum Gasteiger partial charge on any atom is -0.497 e. The number of carbonyl (C=O) groups is 2. The van der Waals surface area contributed by atoms with Gasteiger partial charge in [0.15, 0.2) is 0 Å². The van der Waals surface area contributed by atoms with Gasteiger partial charge < -0.3 is 15.4 Å². The molecule has 0 fully saturated rings. The first kappa shape index (κ1) is 22.7. The number of methoxy groups -OCH3 is 1. The number of rotatable bonds is 8. The van der Waals surface area contributed by atoms with E-state index in [-0.39, 0.29) is 17.1 Å². The van der Waals surface area contributed by atoms with Crippen LogP contribution in [0.2, 0.25) is 5.02 Å². The van der Waals surface area contributed by atoms with Crippen molar-refractivity contribution in [1.29, 1.82) is 0 Å². The Balaban J connectivity index is 1.67. The zero-order chi connectivity index (χ0) is 22.2. The average Bonchev–Trinajstić information content (AvgIpc) is 2.79. The number of para-hydroxylation sites is 1. The third-order valence-electron chi connectivity index (χ3n) is 4.50. The quantitative estimate of drug-likeness (QED) is 0.403. The van der Waals surface area contributed by atoms with Crippen molar-refractivity contribution in [2.45, 2.75) is 23.5 Å². The number of hydrogen-bond donors (Lipinski definition) is 2. The van der Waals surface area contributed by atoms with Gasteiger partial charge >= 0.3 is 0 Å². The molecule has 0 saturated carbocycles. The molecule has 3 aromatic carbocycles. The van der Waals surface area contributed by atoms with Crippen molar-refractivity contribution in [1.82, 2.24) is 0 Å². The third-order valence-corrected chi connectivity index (χ3v) is 6.18. The highest BCUT2D eigenvalue weighted by molar-refractivity contribution is 8.00. The monoisotopic (exact) mass is 454 g/mol. The fourth-order valence-corrected chi connectivity index (χ4v) is 4.07. The van der Waals surface area contributed by atoms with Gasteiger partial charge in [0.25, 0.3) is 5.91 Å². The Morgan fingerprint density at radius 3 is 2.52 bits per heavy atom. The van der Waals surface area contributed by atoms with Crippen molar-refractivity contribution in [3.63, 3.8) is 0 Å². The van der Waals surface area contributed by atoms with Crippen LogP contribution in [0.3, 0.4) is 0 Å². The number of nitrogens with one attached hydrogen (secondary N) is 2. The van der Waals surface area contributed by atoms with E-state index in [1.807, 2.05) is 43.3 Å². The minimum atomic E-state index is -0.305. The topological polar surface area (TPSA) is 67.4 Å². The number of halogens is 1. The Bertz CT molecular complexity index is 1070. The molecule has 0 aromatic heterocycles. The average molecular weight is 455 g/mol. The van der Waals surface area contributed by atoms with Crippen LogP contribution in [0.5, 0.6) is 5.75 Å². The highest BCUT2D eigenvalue weighted by Crippen LogP contribution is 2.30. The Morgan fingerprint density at radius 1 is 1.00 bits per heavy atom. The highest BCUT2D eigenvalue weighted by Gasteiger charge is 2.19. The third kappa shape index (κ3) is 6.26. The molecule has 0 radical (unpaired) electrons. The molecule has 31 heavy (non-hydrogen) atoms. The second kappa shape index (κ2) is 10.9.